The molecule has 1 atom stereocenters. The van der Waals surface area contributed by atoms with Crippen LogP contribution in [0.25, 0.3) is 11.2 Å². The molecule has 2 heterocycles. The summed E-state index contributed by atoms with van der Waals surface area (Å²) in [7, 11) is 0. The molecule has 0 aliphatic carbocycles. The van der Waals surface area contributed by atoms with Gasteiger partial charge >= 0.3 is 0 Å². The number of imidazole rings is 1. The first kappa shape index (κ1) is 13.4. The van der Waals surface area contributed by atoms with E-state index < -0.39 is 0 Å². The van der Waals surface area contributed by atoms with Crippen molar-refractivity contribution in [2.45, 2.75) is 24.3 Å². The molecule has 3 N–H and O–H groups in total. The first-order valence-corrected chi connectivity index (χ1v) is 7.12. The number of nitrogens with zero attached hydrogens (tertiary/aromatic N) is 2. The van der Waals surface area contributed by atoms with Gasteiger partial charge in [0.05, 0.1) is 10.8 Å². The van der Waals surface area contributed by atoms with Gasteiger partial charge in [-0.25, -0.2) is 9.97 Å². The van der Waals surface area contributed by atoms with Gasteiger partial charge < -0.3 is 10.7 Å². The number of primary amides is 1. The third kappa shape index (κ3) is 2.84. The van der Waals surface area contributed by atoms with Gasteiger partial charge in [0.15, 0.2) is 10.8 Å². The average Bonchev–Trinajstić information content (AvgIpc) is 2.66. The maximum Gasteiger partial charge on any atom is 0.231 e. The molecule has 0 spiro atoms. The lowest BCUT2D eigenvalue weighted by atomic mass is 10.1. The molecule has 2 rings (SSSR count). The molecule has 5 nitrogen and oxygen atoms in total. The fourth-order valence-corrected chi connectivity index (χ4v) is 2.82. The molecule has 0 bridgehead atoms. The Balaban J connectivity index is 2.28. The Kier molecular flexibility index (Phi) is 3.91. The molecule has 1 amide bonds. The highest BCUT2D eigenvalue weighted by atomic mass is 79.9. The number of nitrogens with two attached hydrogens (primary N) is 1. The SMILES string of the molecule is CC(C)C(Sc1nc2ncc(Br)cc2[nH]1)C(N)=O. The van der Waals surface area contributed by atoms with E-state index in [0.29, 0.717) is 10.8 Å². The Morgan fingerprint density at radius 2 is 2.28 bits per heavy atom. The first-order valence-electron chi connectivity index (χ1n) is 5.44. The highest BCUT2D eigenvalue weighted by Crippen LogP contribution is 2.27. The molecule has 0 aliphatic rings. The number of hydrogen-bond acceptors (Lipinski definition) is 4. The summed E-state index contributed by atoms with van der Waals surface area (Å²) in [6.45, 7) is 3.92. The fourth-order valence-electron chi connectivity index (χ4n) is 1.55. The Morgan fingerprint density at radius 1 is 1.56 bits per heavy atom. The van der Waals surface area contributed by atoms with Gasteiger partial charge in [0.25, 0.3) is 0 Å². The van der Waals surface area contributed by atoms with Gasteiger partial charge in [-0.15, -0.1) is 0 Å². The molecular formula is C11H13BrN4OS. The molecule has 1 unspecified atom stereocenters. The minimum Gasteiger partial charge on any atom is -0.369 e. The Bertz CT molecular complexity index is 583. The van der Waals surface area contributed by atoms with Crippen LogP contribution >= 0.6 is 27.7 Å². The number of aromatic amines is 1. The van der Waals surface area contributed by atoms with Crippen LogP contribution in [0.1, 0.15) is 13.8 Å². The first-order chi connectivity index (χ1) is 8.47. The van der Waals surface area contributed by atoms with Gasteiger partial charge in [-0.2, -0.15) is 0 Å². The predicted molar refractivity (Wildman–Crippen MR) is 75.3 cm³/mol. The summed E-state index contributed by atoms with van der Waals surface area (Å²) in [6.07, 6.45) is 1.69. The molecule has 96 valence electrons. The quantitative estimate of drug-likeness (QED) is 0.843. The number of aromatic nitrogens is 3. The molecule has 0 saturated heterocycles. The van der Waals surface area contributed by atoms with Crippen molar-refractivity contribution in [3.8, 4) is 0 Å². The third-order valence-corrected chi connectivity index (χ3v) is 4.29. The number of carbonyl (C=O) groups is 1. The molecule has 0 fully saturated rings. The topological polar surface area (TPSA) is 84.7 Å². The zero-order chi connectivity index (χ0) is 13.3. The largest absolute Gasteiger partial charge is 0.369 e. The van der Waals surface area contributed by atoms with Crippen molar-refractivity contribution in [1.29, 1.82) is 0 Å². The van der Waals surface area contributed by atoms with E-state index >= 15 is 0 Å². The van der Waals surface area contributed by atoms with Gasteiger partial charge in [0.1, 0.15) is 0 Å². The van der Waals surface area contributed by atoms with Gasteiger partial charge in [-0.05, 0) is 27.9 Å². The smallest absolute Gasteiger partial charge is 0.231 e. The number of fused-ring (bicyclic) bond motifs is 1. The van der Waals surface area contributed by atoms with Crippen molar-refractivity contribution >= 4 is 44.8 Å². The third-order valence-electron chi connectivity index (χ3n) is 2.41. The minimum absolute atomic E-state index is 0.153. The van der Waals surface area contributed by atoms with Crippen LogP contribution in [0.2, 0.25) is 0 Å². The molecule has 7 heteroatoms. The van der Waals surface area contributed by atoms with Crippen molar-refractivity contribution in [2.75, 3.05) is 0 Å². The normalized spacial score (nSPS) is 13.1. The van der Waals surface area contributed by atoms with E-state index in [1.807, 2.05) is 19.9 Å². The van der Waals surface area contributed by atoms with Crippen LogP contribution in [0.3, 0.4) is 0 Å². The Hall–Kier alpha value is -1.08. The van der Waals surface area contributed by atoms with Crippen molar-refractivity contribution in [1.82, 2.24) is 15.0 Å². The average molecular weight is 329 g/mol. The van der Waals surface area contributed by atoms with Crippen LogP contribution in [-0.4, -0.2) is 26.1 Å². The summed E-state index contributed by atoms with van der Waals surface area (Å²) >= 11 is 4.69. The number of carbonyl (C=O) groups excluding carboxylic acids is 1. The minimum atomic E-state index is -0.329. The summed E-state index contributed by atoms with van der Waals surface area (Å²) in [6, 6.07) is 1.90. The fraction of sp³-hybridized carbons (Fsp3) is 0.364. The lowest BCUT2D eigenvalue weighted by Crippen LogP contribution is -2.30. The van der Waals surface area contributed by atoms with E-state index in [0.717, 1.165) is 9.99 Å². The number of thioether (sulfide) groups is 1. The predicted octanol–water partition coefficient (Wildman–Crippen LogP) is 2.32. The second kappa shape index (κ2) is 5.27. The summed E-state index contributed by atoms with van der Waals surface area (Å²) in [5.41, 5.74) is 6.84. The molecule has 0 aliphatic heterocycles. The molecule has 2 aromatic rings. The molecule has 18 heavy (non-hydrogen) atoms. The number of H-pyrrole nitrogens is 1. The summed E-state index contributed by atoms with van der Waals surface area (Å²) in [5, 5.41) is 0.363. The standard InChI is InChI=1S/C11H13BrN4OS/c1-5(2)8(9(13)17)18-11-15-7-3-6(12)4-14-10(7)16-11/h3-5,8H,1-2H3,(H2,13,17)(H,14,15,16). The van der Waals surface area contributed by atoms with Crippen LogP contribution in [0.5, 0.6) is 0 Å². The van der Waals surface area contributed by atoms with Crippen molar-refractivity contribution in [2.24, 2.45) is 11.7 Å². The van der Waals surface area contributed by atoms with Crippen LogP contribution in [0, 0.1) is 5.92 Å². The van der Waals surface area contributed by atoms with Crippen LogP contribution < -0.4 is 5.73 Å². The molecule has 0 aromatic carbocycles. The Morgan fingerprint density at radius 3 is 2.89 bits per heavy atom. The number of nitrogens with one attached hydrogen (secondary N) is 1. The van der Waals surface area contributed by atoms with Crippen LogP contribution in [-0.2, 0) is 4.79 Å². The number of rotatable bonds is 4. The summed E-state index contributed by atoms with van der Waals surface area (Å²) in [5.74, 6) is -0.176. The van der Waals surface area contributed by atoms with Crippen LogP contribution in [0.15, 0.2) is 21.9 Å². The van der Waals surface area contributed by atoms with E-state index in [2.05, 4.69) is 30.9 Å². The van der Waals surface area contributed by atoms with Gasteiger partial charge in [0.2, 0.25) is 5.91 Å². The number of halogens is 1. The maximum absolute atomic E-state index is 11.4. The zero-order valence-corrected chi connectivity index (χ0v) is 12.4. The van der Waals surface area contributed by atoms with Gasteiger partial charge in [0, 0.05) is 10.7 Å². The van der Waals surface area contributed by atoms with Crippen molar-refractivity contribution in [3.05, 3.63) is 16.7 Å². The monoisotopic (exact) mass is 328 g/mol. The highest BCUT2D eigenvalue weighted by Gasteiger charge is 2.22. The molecule has 0 radical (unpaired) electrons. The van der Waals surface area contributed by atoms with E-state index in [-0.39, 0.29) is 17.1 Å². The van der Waals surface area contributed by atoms with Crippen LogP contribution in [0.4, 0.5) is 0 Å². The van der Waals surface area contributed by atoms with E-state index in [4.69, 9.17) is 5.73 Å². The molecular weight excluding hydrogens is 316 g/mol. The van der Waals surface area contributed by atoms with E-state index in [1.54, 1.807) is 6.20 Å². The van der Waals surface area contributed by atoms with E-state index in [9.17, 15) is 4.79 Å². The highest BCUT2D eigenvalue weighted by molar-refractivity contribution is 9.10. The zero-order valence-electron chi connectivity index (χ0n) is 9.98. The van der Waals surface area contributed by atoms with E-state index in [1.165, 1.54) is 11.8 Å². The maximum atomic E-state index is 11.4. The number of amides is 1. The second-order valence-corrected chi connectivity index (χ2v) is 6.30. The van der Waals surface area contributed by atoms with Crippen molar-refractivity contribution < 1.29 is 4.79 Å². The second-order valence-electron chi connectivity index (χ2n) is 4.25. The van der Waals surface area contributed by atoms with Crippen molar-refractivity contribution in [3.63, 3.8) is 0 Å². The van der Waals surface area contributed by atoms with Gasteiger partial charge in [-0.3, -0.25) is 4.79 Å². The lowest BCUT2D eigenvalue weighted by Gasteiger charge is -2.14. The summed E-state index contributed by atoms with van der Waals surface area (Å²) < 4.78 is 0.880. The molecule has 0 saturated carbocycles. The summed E-state index contributed by atoms with van der Waals surface area (Å²) in [4.78, 5) is 23.0. The Labute approximate surface area is 117 Å². The molecule has 2 aromatic heterocycles. The number of pyridine rings is 1. The number of hydrogen-bond donors (Lipinski definition) is 2. The lowest BCUT2D eigenvalue weighted by molar-refractivity contribution is -0.118. The van der Waals surface area contributed by atoms with Gasteiger partial charge in [-0.1, -0.05) is 25.6 Å².